The Balaban J connectivity index is 1.99. The van der Waals surface area contributed by atoms with Crippen molar-refractivity contribution in [1.82, 2.24) is 9.88 Å². The summed E-state index contributed by atoms with van der Waals surface area (Å²) in [6.45, 7) is 4.13. The third kappa shape index (κ3) is 3.45. The number of ether oxygens (including phenoxy) is 1. The summed E-state index contributed by atoms with van der Waals surface area (Å²) in [4.78, 5) is 28.9. The molecule has 1 aromatic heterocycles. The number of aromatic nitrogens is 1. The molecule has 1 aliphatic heterocycles. The SMILES string of the molecule is CC(Nc1ccnc(C(N)=O)c1)C(=O)N1CCOCC1. The van der Waals surface area contributed by atoms with Gasteiger partial charge in [0.05, 0.1) is 13.2 Å². The highest BCUT2D eigenvalue weighted by Gasteiger charge is 2.22. The molecule has 1 atom stereocenters. The zero-order chi connectivity index (χ0) is 14.5. The number of carbonyl (C=O) groups is 2. The number of nitrogens with zero attached hydrogens (tertiary/aromatic N) is 2. The van der Waals surface area contributed by atoms with Crippen LogP contribution >= 0.6 is 0 Å². The normalized spacial score (nSPS) is 16.6. The summed E-state index contributed by atoms with van der Waals surface area (Å²) in [5.74, 6) is -0.591. The number of carbonyl (C=O) groups excluding carboxylic acids is 2. The van der Waals surface area contributed by atoms with Crippen LogP contribution in [0.25, 0.3) is 0 Å². The molecule has 0 bridgehead atoms. The lowest BCUT2D eigenvalue weighted by Gasteiger charge is -2.29. The molecule has 2 rings (SSSR count). The highest BCUT2D eigenvalue weighted by atomic mass is 16.5. The van der Waals surface area contributed by atoms with E-state index in [0.717, 1.165) is 0 Å². The van der Waals surface area contributed by atoms with Gasteiger partial charge in [-0.2, -0.15) is 0 Å². The number of primary amides is 1. The van der Waals surface area contributed by atoms with Crippen LogP contribution in [0.2, 0.25) is 0 Å². The molecule has 20 heavy (non-hydrogen) atoms. The zero-order valence-electron chi connectivity index (χ0n) is 11.3. The van der Waals surface area contributed by atoms with Crippen molar-refractivity contribution in [3.8, 4) is 0 Å². The molecule has 0 radical (unpaired) electrons. The van der Waals surface area contributed by atoms with Gasteiger partial charge in [0.15, 0.2) is 0 Å². The predicted molar refractivity (Wildman–Crippen MR) is 73.2 cm³/mol. The van der Waals surface area contributed by atoms with Crippen molar-refractivity contribution in [3.05, 3.63) is 24.0 Å². The van der Waals surface area contributed by atoms with Gasteiger partial charge >= 0.3 is 0 Å². The van der Waals surface area contributed by atoms with Gasteiger partial charge in [0, 0.05) is 25.0 Å². The van der Waals surface area contributed by atoms with Gasteiger partial charge in [0.2, 0.25) is 5.91 Å². The summed E-state index contributed by atoms with van der Waals surface area (Å²) >= 11 is 0. The van der Waals surface area contributed by atoms with Crippen LogP contribution in [-0.2, 0) is 9.53 Å². The number of hydrogen-bond donors (Lipinski definition) is 2. The average molecular weight is 278 g/mol. The smallest absolute Gasteiger partial charge is 0.267 e. The lowest BCUT2D eigenvalue weighted by molar-refractivity contribution is -0.135. The van der Waals surface area contributed by atoms with Crippen molar-refractivity contribution in [2.75, 3.05) is 31.6 Å². The molecular weight excluding hydrogens is 260 g/mol. The third-order valence-electron chi connectivity index (χ3n) is 3.09. The molecule has 0 aromatic carbocycles. The molecule has 1 aromatic rings. The molecular formula is C13H18N4O3. The van der Waals surface area contributed by atoms with E-state index in [-0.39, 0.29) is 11.6 Å². The minimum Gasteiger partial charge on any atom is -0.378 e. The van der Waals surface area contributed by atoms with Crippen LogP contribution in [0.15, 0.2) is 18.3 Å². The first-order valence-electron chi connectivity index (χ1n) is 6.47. The van der Waals surface area contributed by atoms with Crippen molar-refractivity contribution in [1.29, 1.82) is 0 Å². The molecule has 1 saturated heterocycles. The molecule has 0 saturated carbocycles. The van der Waals surface area contributed by atoms with E-state index < -0.39 is 11.9 Å². The molecule has 2 amide bonds. The van der Waals surface area contributed by atoms with E-state index in [1.807, 2.05) is 0 Å². The van der Waals surface area contributed by atoms with E-state index >= 15 is 0 Å². The quantitative estimate of drug-likeness (QED) is 0.797. The van der Waals surface area contributed by atoms with Gasteiger partial charge in [0.25, 0.3) is 5.91 Å². The van der Waals surface area contributed by atoms with Crippen molar-refractivity contribution in [3.63, 3.8) is 0 Å². The van der Waals surface area contributed by atoms with E-state index in [9.17, 15) is 9.59 Å². The van der Waals surface area contributed by atoms with Gasteiger partial charge in [-0.3, -0.25) is 14.6 Å². The number of nitrogens with one attached hydrogen (secondary N) is 1. The van der Waals surface area contributed by atoms with Gasteiger partial charge in [-0.05, 0) is 19.1 Å². The summed E-state index contributed by atoms with van der Waals surface area (Å²) in [7, 11) is 0. The fourth-order valence-electron chi connectivity index (χ4n) is 2.02. The highest BCUT2D eigenvalue weighted by Crippen LogP contribution is 2.11. The van der Waals surface area contributed by atoms with Crippen LogP contribution in [0.5, 0.6) is 0 Å². The fraction of sp³-hybridized carbons (Fsp3) is 0.462. The largest absolute Gasteiger partial charge is 0.378 e. The number of morpholine rings is 1. The van der Waals surface area contributed by atoms with Gasteiger partial charge in [-0.15, -0.1) is 0 Å². The number of nitrogens with two attached hydrogens (primary N) is 1. The second-order valence-corrected chi connectivity index (χ2v) is 4.60. The Morgan fingerprint density at radius 1 is 1.45 bits per heavy atom. The Kier molecular flexibility index (Phi) is 4.52. The maximum atomic E-state index is 12.2. The highest BCUT2D eigenvalue weighted by molar-refractivity contribution is 5.92. The van der Waals surface area contributed by atoms with Gasteiger partial charge in [0.1, 0.15) is 11.7 Å². The van der Waals surface area contributed by atoms with Crippen LogP contribution in [0.4, 0.5) is 5.69 Å². The van der Waals surface area contributed by atoms with Gasteiger partial charge in [-0.1, -0.05) is 0 Å². The van der Waals surface area contributed by atoms with E-state index in [2.05, 4.69) is 10.3 Å². The average Bonchev–Trinajstić information content (AvgIpc) is 2.47. The maximum Gasteiger partial charge on any atom is 0.267 e. The van der Waals surface area contributed by atoms with Crippen LogP contribution < -0.4 is 11.1 Å². The Morgan fingerprint density at radius 2 is 2.15 bits per heavy atom. The lowest BCUT2D eigenvalue weighted by atomic mass is 10.2. The summed E-state index contributed by atoms with van der Waals surface area (Å²) in [6.07, 6.45) is 1.48. The third-order valence-corrected chi connectivity index (χ3v) is 3.09. The Labute approximate surface area is 117 Å². The second kappa shape index (κ2) is 6.33. The van der Waals surface area contributed by atoms with E-state index in [1.165, 1.54) is 12.3 Å². The van der Waals surface area contributed by atoms with Gasteiger partial charge < -0.3 is 20.7 Å². The predicted octanol–water partition coefficient (Wildman–Crippen LogP) is -0.160. The molecule has 2 heterocycles. The Morgan fingerprint density at radius 3 is 2.80 bits per heavy atom. The first-order valence-corrected chi connectivity index (χ1v) is 6.47. The van der Waals surface area contributed by atoms with E-state index in [4.69, 9.17) is 10.5 Å². The minimum absolute atomic E-state index is 0.00531. The Hall–Kier alpha value is -2.15. The minimum atomic E-state index is -0.596. The van der Waals surface area contributed by atoms with Crippen molar-refractivity contribution >= 4 is 17.5 Å². The maximum absolute atomic E-state index is 12.2. The standard InChI is InChI=1S/C13H18N4O3/c1-9(13(19)17-4-6-20-7-5-17)16-10-2-3-15-11(8-10)12(14)18/h2-3,8-9H,4-7H2,1H3,(H2,14,18)(H,15,16). The van der Waals surface area contributed by atoms with Gasteiger partial charge in [-0.25, -0.2) is 0 Å². The fourth-order valence-corrected chi connectivity index (χ4v) is 2.02. The monoisotopic (exact) mass is 278 g/mol. The summed E-state index contributed by atoms with van der Waals surface area (Å²) < 4.78 is 5.22. The molecule has 1 fully saturated rings. The number of rotatable bonds is 4. The molecule has 1 unspecified atom stereocenters. The number of anilines is 1. The summed E-state index contributed by atoms with van der Waals surface area (Å²) in [5, 5.41) is 3.05. The van der Waals surface area contributed by atoms with E-state index in [0.29, 0.717) is 32.0 Å². The van der Waals surface area contributed by atoms with Crippen molar-refractivity contribution in [2.24, 2.45) is 5.73 Å². The van der Waals surface area contributed by atoms with Crippen LogP contribution in [0, 0.1) is 0 Å². The molecule has 7 nitrogen and oxygen atoms in total. The summed E-state index contributed by atoms with van der Waals surface area (Å²) in [5.41, 5.74) is 5.98. The first-order chi connectivity index (χ1) is 9.58. The number of hydrogen-bond acceptors (Lipinski definition) is 5. The van der Waals surface area contributed by atoms with Crippen LogP contribution in [0.3, 0.4) is 0 Å². The first kappa shape index (κ1) is 14.3. The lowest BCUT2D eigenvalue weighted by Crippen LogP contribution is -2.47. The molecule has 108 valence electrons. The molecule has 7 heteroatoms. The molecule has 1 aliphatic rings. The zero-order valence-corrected chi connectivity index (χ0v) is 11.3. The molecule has 3 N–H and O–H groups in total. The van der Waals surface area contributed by atoms with Crippen molar-refractivity contribution in [2.45, 2.75) is 13.0 Å². The number of amides is 2. The summed E-state index contributed by atoms with van der Waals surface area (Å²) in [6, 6.07) is 2.83. The Bertz CT molecular complexity index is 500. The number of pyridine rings is 1. The topological polar surface area (TPSA) is 97.5 Å². The molecule has 0 spiro atoms. The van der Waals surface area contributed by atoms with E-state index in [1.54, 1.807) is 17.9 Å². The van der Waals surface area contributed by atoms with Crippen molar-refractivity contribution < 1.29 is 14.3 Å². The second-order valence-electron chi connectivity index (χ2n) is 4.60. The van der Waals surface area contributed by atoms with Crippen LogP contribution in [-0.4, -0.2) is 54.0 Å². The van der Waals surface area contributed by atoms with Crippen LogP contribution in [0.1, 0.15) is 17.4 Å². The molecule has 0 aliphatic carbocycles.